The molecule has 1 aliphatic rings. The monoisotopic (exact) mass is 941 g/mol. The van der Waals surface area contributed by atoms with Crippen LogP contribution in [0.25, 0.3) is 22.0 Å². The number of para-hydroxylation sites is 1. The summed E-state index contributed by atoms with van der Waals surface area (Å²) in [7, 11) is -3.87. The number of hydrogen-bond donors (Lipinski definition) is 8. The molecule has 8 rings (SSSR count). The van der Waals surface area contributed by atoms with E-state index in [0.29, 0.717) is 6.07 Å². The second kappa shape index (κ2) is 17.0. The van der Waals surface area contributed by atoms with Crippen LogP contribution in [0.1, 0.15) is 42.2 Å². The van der Waals surface area contributed by atoms with Gasteiger partial charge in [0.2, 0.25) is 11.9 Å². The lowest BCUT2D eigenvalue weighted by Crippen LogP contribution is -2.29. The Hall–Kier alpha value is -7.94. The highest BCUT2D eigenvalue weighted by atomic mass is 32.2. The van der Waals surface area contributed by atoms with Gasteiger partial charge in [-0.2, -0.15) is 31.8 Å². The lowest BCUT2D eigenvalue weighted by molar-refractivity contribution is 0.0697. The quantitative estimate of drug-likeness (QED) is 0.0400. The minimum Gasteiger partial charge on any atom is -0.479 e. The van der Waals surface area contributed by atoms with E-state index < -0.39 is 90.2 Å². The van der Waals surface area contributed by atoms with Crippen molar-refractivity contribution in [2.45, 2.75) is 4.90 Å². The Morgan fingerprint density at radius 1 is 0.723 bits per heavy atom. The Morgan fingerprint density at radius 2 is 1.38 bits per heavy atom. The van der Waals surface area contributed by atoms with Crippen LogP contribution in [0.4, 0.5) is 34.6 Å². The Bertz CT molecular complexity index is 3440. The molecule has 0 fully saturated rings. The van der Waals surface area contributed by atoms with Crippen LogP contribution < -0.4 is 29.9 Å². The van der Waals surface area contributed by atoms with Gasteiger partial charge in [-0.05, 0) is 48.0 Å². The molecule has 0 radical (unpaired) electrons. The molecule has 5 aromatic carbocycles. The van der Waals surface area contributed by atoms with Gasteiger partial charge in [0.1, 0.15) is 10.6 Å². The maximum absolute atomic E-state index is 14.6. The molecule has 2 unspecified atom stereocenters. The van der Waals surface area contributed by atoms with E-state index in [9.17, 15) is 59.9 Å². The summed E-state index contributed by atoms with van der Waals surface area (Å²) in [6, 6.07) is 20.4. The fraction of sp³-hybridized carbons (Fsp3) is 0.0250. The lowest BCUT2D eigenvalue weighted by atomic mass is 9.80. The van der Waals surface area contributed by atoms with Gasteiger partial charge in [-0.15, -0.1) is 0 Å². The molecule has 25 heteroatoms. The van der Waals surface area contributed by atoms with E-state index in [0.717, 1.165) is 16.7 Å². The van der Waals surface area contributed by atoms with Crippen LogP contribution in [0.15, 0.2) is 107 Å². The summed E-state index contributed by atoms with van der Waals surface area (Å²) in [4.78, 5) is 65.5. The van der Waals surface area contributed by atoms with Crippen molar-refractivity contribution in [3.63, 3.8) is 0 Å². The average Bonchev–Trinajstić information content (AvgIpc) is 3.24. The van der Waals surface area contributed by atoms with Crippen molar-refractivity contribution in [2.24, 2.45) is 7.05 Å². The Labute approximate surface area is 369 Å². The van der Waals surface area contributed by atoms with Crippen LogP contribution in [0.3, 0.4) is 0 Å². The van der Waals surface area contributed by atoms with Crippen molar-refractivity contribution in [1.82, 2.24) is 19.5 Å². The number of rotatable bonds is 14. The molecule has 0 bridgehead atoms. The Morgan fingerprint density at radius 3 is 2.06 bits per heavy atom. The van der Waals surface area contributed by atoms with Gasteiger partial charge in [0.25, 0.3) is 15.7 Å². The topological polar surface area (TPSA) is 336 Å². The number of carboxylic acids is 1. The second-order valence-corrected chi connectivity index (χ2v) is 16.2. The molecule has 8 N–H and O–H groups in total. The molecular weight excluding hydrogens is 915 g/mol. The minimum absolute atomic E-state index is 0.00275. The first-order valence-electron chi connectivity index (χ1n) is 18.2. The van der Waals surface area contributed by atoms with E-state index >= 15 is 0 Å². The summed E-state index contributed by atoms with van der Waals surface area (Å²) in [5, 5.41) is 28.1. The summed E-state index contributed by atoms with van der Waals surface area (Å²) in [6.07, 6.45) is 0. The number of carbonyl (C=O) groups is 3. The number of aryl methyl sites for hydroxylation is 1. The van der Waals surface area contributed by atoms with E-state index in [2.05, 4.69) is 30.9 Å². The van der Waals surface area contributed by atoms with Crippen molar-refractivity contribution >= 4 is 95.9 Å². The number of ketones is 2. The SMILES string of the molecule is Cn1c(=O)c(C(=O)c2cccc(OS(=O)O)c2)c2c3c(c(Nc4cc(Nc5nc(O)nc(Nc6ccccc6C(=O)O)n5)c(S(=O)(=O)O)cc4OS(=O)O)ccc31)C(=O)c1ccccc1-2. The standard InChI is InChI=1S/C40H27N7O15S3/c1-47-27-14-13-24(31-32(27)30(20-9-2-3-10-21(20)35(31)49)33(36(47)50)34(48)18-7-6-8-19(15-18)61-63(54)55)41-25-16-26(29(65(58,59)60)17-28(25)62-64(56)57)43-39-44-38(45-40(53)46-39)42-23-12-5-4-11-22(23)37(51)52/h2-17,41H,1H3,(H,51,52)(H,54,55)(H,56,57)(H,58,59,60)(H3,42,43,44,45,46,53). The lowest BCUT2D eigenvalue weighted by Gasteiger charge is -2.26. The van der Waals surface area contributed by atoms with E-state index in [1.807, 2.05) is 0 Å². The summed E-state index contributed by atoms with van der Waals surface area (Å²) in [5.74, 6) is -4.59. The molecule has 0 saturated heterocycles. The first kappa shape index (κ1) is 43.7. The van der Waals surface area contributed by atoms with Gasteiger partial charge in [-0.1, -0.05) is 48.5 Å². The molecule has 330 valence electrons. The van der Waals surface area contributed by atoms with Crippen molar-refractivity contribution < 1.29 is 63.5 Å². The average molecular weight is 942 g/mol. The molecule has 1 aliphatic carbocycles. The molecule has 22 nitrogen and oxygen atoms in total. The summed E-state index contributed by atoms with van der Waals surface area (Å²) in [5.41, 5.74) is -2.06. The largest absolute Gasteiger partial charge is 0.479 e. The molecular formula is C40H27N7O15S3. The molecule has 0 saturated carbocycles. The van der Waals surface area contributed by atoms with Gasteiger partial charge in [0.05, 0.1) is 45.0 Å². The van der Waals surface area contributed by atoms with Gasteiger partial charge in [-0.25, -0.2) is 4.79 Å². The van der Waals surface area contributed by atoms with Crippen molar-refractivity contribution in [3.8, 4) is 28.6 Å². The smallest absolute Gasteiger partial charge is 0.357 e. The number of aromatic carboxylic acids is 1. The van der Waals surface area contributed by atoms with Crippen molar-refractivity contribution in [1.29, 1.82) is 0 Å². The summed E-state index contributed by atoms with van der Waals surface area (Å²) < 4.78 is 89.5. The summed E-state index contributed by atoms with van der Waals surface area (Å²) >= 11 is -5.87. The van der Waals surface area contributed by atoms with Crippen molar-refractivity contribution in [3.05, 3.63) is 135 Å². The Kier molecular flexibility index (Phi) is 11.4. The zero-order valence-corrected chi connectivity index (χ0v) is 35.0. The number of anilines is 6. The third-order valence-corrected chi connectivity index (χ3v) is 11.3. The highest BCUT2D eigenvalue weighted by Gasteiger charge is 2.35. The third-order valence-electron chi connectivity index (χ3n) is 9.79. The molecule has 2 heterocycles. The maximum atomic E-state index is 14.6. The van der Waals surface area contributed by atoms with E-state index in [1.54, 1.807) is 12.1 Å². The van der Waals surface area contributed by atoms with Gasteiger partial charge in [0.15, 0.2) is 17.3 Å². The third kappa shape index (κ3) is 8.47. The van der Waals surface area contributed by atoms with Gasteiger partial charge >= 0.3 is 34.7 Å². The van der Waals surface area contributed by atoms with Crippen LogP contribution in [0, 0.1) is 0 Å². The van der Waals surface area contributed by atoms with E-state index in [4.69, 9.17) is 8.37 Å². The number of benzene rings is 5. The normalized spacial score (nSPS) is 12.8. The first-order chi connectivity index (χ1) is 30.9. The molecule has 2 atom stereocenters. The highest BCUT2D eigenvalue weighted by molar-refractivity contribution is 7.86. The summed E-state index contributed by atoms with van der Waals surface area (Å²) in [6.45, 7) is 0. The number of aromatic nitrogens is 4. The van der Waals surface area contributed by atoms with Crippen LogP contribution in [0.5, 0.6) is 17.5 Å². The predicted octanol–water partition coefficient (Wildman–Crippen LogP) is 5.08. The van der Waals surface area contributed by atoms with Gasteiger partial charge in [-0.3, -0.25) is 28.0 Å². The molecule has 0 amide bonds. The van der Waals surface area contributed by atoms with Crippen LogP contribution in [-0.4, -0.2) is 77.8 Å². The second-order valence-electron chi connectivity index (χ2n) is 13.7. The number of hydrogen-bond acceptors (Lipinski definition) is 17. The van der Waals surface area contributed by atoms with Crippen LogP contribution >= 0.6 is 0 Å². The number of fused-ring (bicyclic) bond motifs is 2. The fourth-order valence-corrected chi connectivity index (χ4v) is 8.36. The molecule has 0 aliphatic heterocycles. The zero-order valence-electron chi connectivity index (χ0n) is 32.6. The zero-order chi connectivity index (χ0) is 46.5. The fourth-order valence-electron chi connectivity index (χ4n) is 7.16. The molecule has 2 aromatic heterocycles. The molecule has 65 heavy (non-hydrogen) atoms. The number of nitrogens with zero attached hydrogens (tertiary/aromatic N) is 4. The van der Waals surface area contributed by atoms with E-state index in [1.165, 1.54) is 73.8 Å². The number of pyridine rings is 1. The molecule has 7 aromatic rings. The van der Waals surface area contributed by atoms with E-state index in [-0.39, 0.29) is 72.7 Å². The minimum atomic E-state index is -5.24. The number of aromatic hydroxyl groups is 1. The van der Waals surface area contributed by atoms with Crippen LogP contribution in [-0.2, 0) is 39.9 Å². The maximum Gasteiger partial charge on any atom is 0.357 e. The number of carbonyl (C=O) groups excluding carboxylic acids is 2. The first-order valence-corrected chi connectivity index (χ1v) is 21.7. The van der Waals surface area contributed by atoms with Crippen molar-refractivity contribution in [2.75, 3.05) is 16.0 Å². The van der Waals surface area contributed by atoms with Crippen LogP contribution in [0.2, 0.25) is 0 Å². The highest BCUT2D eigenvalue weighted by Crippen LogP contribution is 2.46. The number of carboxylic acid groups (broad SMARTS) is 1. The van der Waals surface area contributed by atoms with Gasteiger partial charge in [0, 0.05) is 35.2 Å². The Balaban J connectivity index is 1.30. The predicted molar refractivity (Wildman–Crippen MR) is 232 cm³/mol. The molecule has 0 spiro atoms. The van der Waals surface area contributed by atoms with Gasteiger partial charge < -0.3 is 39.1 Å². The number of nitrogens with one attached hydrogen (secondary N) is 3.